The summed E-state index contributed by atoms with van der Waals surface area (Å²) in [4.78, 5) is 38.3. The molecule has 1 heterocycles. The summed E-state index contributed by atoms with van der Waals surface area (Å²) in [7, 11) is 0. The molecule has 2 rings (SSSR count). The zero-order valence-corrected chi connectivity index (χ0v) is 12.0. The van der Waals surface area contributed by atoms with Gasteiger partial charge in [-0.15, -0.1) is 0 Å². The summed E-state index contributed by atoms with van der Waals surface area (Å²) >= 11 is 0. The van der Waals surface area contributed by atoms with Crippen molar-refractivity contribution in [1.29, 1.82) is 0 Å². The van der Waals surface area contributed by atoms with Crippen LogP contribution in [0.5, 0.6) is 0 Å². The summed E-state index contributed by atoms with van der Waals surface area (Å²) in [5.74, 6) is -1.30. The Bertz CT molecular complexity index is 413. The van der Waals surface area contributed by atoms with E-state index in [0.29, 0.717) is 44.9 Å². The van der Waals surface area contributed by atoms with Crippen molar-refractivity contribution >= 4 is 17.8 Å². The molecule has 0 spiro atoms. The molecule has 2 atom stereocenters. The van der Waals surface area contributed by atoms with Crippen LogP contribution in [0.15, 0.2) is 0 Å². The molecule has 0 aromatic carbocycles. The number of piperazine rings is 1. The van der Waals surface area contributed by atoms with Gasteiger partial charge in [-0.1, -0.05) is 13.8 Å². The Morgan fingerprint density at radius 1 is 1.05 bits per heavy atom. The number of carboxylic acid groups (broad SMARTS) is 1. The summed E-state index contributed by atoms with van der Waals surface area (Å²) in [5.41, 5.74) is 0. The predicted octanol–water partition coefficient (Wildman–Crippen LogP) is 0.424. The van der Waals surface area contributed by atoms with Crippen molar-refractivity contribution in [3.8, 4) is 0 Å². The third-order valence-electron chi connectivity index (χ3n) is 3.95. The molecule has 1 saturated carbocycles. The van der Waals surface area contributed by atoms with Gasteiger partial charge in [0.2, 0.25) is 11.8 Å². The van der Waals surface area contributed by atoms with E-state index < -0.39 is 11.9 Å². The first kappa shape index (κ1) is 14.8. The number of carboxylic acids is 1. The second kappa shape index (κ2) is 5.81. The number of hydrogen-bond donors (Lipinski definition) is 1. The molecule has 1 aliphatic heterocycles. The Morgan fingerprint density at radius 3 is 2.05 bits per heavy atom. The van der Waals surface area contributed by atoms with Crippen molar-refractivity contribution in [2.45, 2.75) is 26.7 Å². The lowest BCUT2D eigenvalue weighted by molar-refractivity contribution is -0.143. The van der Waals surface area contributed by atoms with Gasteiger partial charge in [-0.25, -0.2) is 0 Å². The van der Waals surface area contributed by atoms with Gasteiger partial charge in [0.1, 0.15) is 0 Å². The van der Waals surface area contributed by atoms with Crippen LogP contribution in [0, 0.1) is 17.8 Å². The Kier molecular flexibility index (Phi) is 4.30. The molecular weight excluding hydrogens is 260 g/mol. The fourth-order valence-corrected chi connectivity index (χ4v) is 2.63. The van der Waals surface area contributed by atoms with Crippen molar-refractivity contribution in [3.63, 3.8) is 0 Å². The first-order valence-corrected chi connectivity index (χ1v) is 7.19. The molecule has 0 aromatic heterocycles. The number of aliphatic carboxylic acids is 1. The van der Waals surface area contributed by atoms with Gasteiger partial charge >= 0.3 is 5.97 Å². The van der Waals surface area contributed by atoms with Crippen LogP contribution < -0.4 is 0 Å². The zero-order chi connectivity index (χ0) is 14.9. The molecule has 6 nitrogen and oxygen atoms in total. The fraction of sp³-hybridized carbons (Fsp3) is 0.786. The normalized spacial score (nSPS) is 25.8. The second-order valence-corrected chi connectivity index (χ2v) is 6.09. The number of nitrogens with zero attached hydrogens (tertiary/aromatic N) is 2. The summed E-state index contributed by atoms with van der Waals surface area (Å²) in [6.07, 6.45) is 0.998. The minimum Gasteiger partial charge on any atom is -0.481 e. The molecular formula is C14H22N2O4. The lowest BCUT2D eigenvalue weighted by atomic mass is 10.1. The molecule has 1 saturated heterocycles. The molecule has 2 fully saturated rings. The molecule has 2 aliphatic rings. The van der Waals surface area contributed by atoms with E-state index in [0.717, 1.165) is 0 Å². The van der Waals surface area contributed by atoms with E-state index in [1.54, 1.807) is 9.80 Å². The van der Waals surface area contributed by atoms with Crippen LogP contribution in [0.3, 0.4) is 0 Å². The minimum absolute atomic E-state index is 0.0617. The number of rotatable bonds is 4. The van der Waals surface area contributed by atoms with Gasteiger partial charge in [0, 0.05) is 32.6 Å². The van der Waals surface area contributed by atoms with Crippen molar-refractivity contribution in [2.24, 2.45) is 17.8 Å². The minimum atomic E-state index is -0.880. The van der Waals surface area contributed by atoms with Crippen LogP contribution in [-0.2, 0) is 14.4 Å². The summed E-state index contributed by atoms with van der Waals surface area (Å²) in [5, 5.41) is 8.85. The van der Waals surface area contributed by atoms with Crippen LogP contribution in [0.1, 0.15) is 26.7 Å². The van der Waals surface area contributed by atoms with Gasteiger partial charge in [0.25, 0.3) is 0 Å². The third kappa shape index (κ3) is 3.29. The number of hydrogen-bond acceptors (Lipinski definition) is 3. The second-order valence-electron chi connectivity index (χ2n) is 6.09. The fourth-order valence-electron chi connectivity index (χ4n) is 2.63. The van der Waals surface area contributed by atoms with E-state index in [1.807, 2.05) is 13.8 Å². The number of amides is 2. The van der Waals surface area contributed by atoms with Crippen molar-refractivity contribution < 1.29 is 19.5 Å². The Morgan fingerprint density at radius 2 is 1.60 bits per heavy atom. The molecule has 1 N–H and O–H groups in total. The highest BCUT2D eigenvalue weighted by Gasteiger charge is 2.50. The highest BCUT2D eigenvalue weighted by atomic mass is 16.4. The highest BCUT2D eigenvalue weighted by molar-refractivity contribution is 5.89. The maximum absolute atomic E-state index is 12.1. The molecule has 0 aromatic rings. The smallest absolute Gasteiger partial charge is 0.307 e. The Labute approximate surface area is 118 Å². The van der Waals surface area contributed by atoms with E-state index in [2.05, 4.69) is 0 Å². The molecule has 2 amide bonds. The van der Waals surface area contributed by atoms with E-state index in [9.17, 15) is 14.4 Å². The van der Waals surface area contributed by atoms with Gasteiger partial charge in [-0.2, -0.15) is 0 Å². The van der Waals surface area contributed by atoms with Gasteiger partial charge in [0.15, 0.2) is 0 Å². The molecule has 112 valence electrons. The molecule has 1 aliphatic carbocycles. The molecule has 2 unspecified atom stereocenters. The molecule has 0 radical (unpaired) electrons. The first-order valence-electron chi connectivity index (χ1n) is 7.19. The lowest BCUT2D eigenvalue weighted by Crippen LogP contribution is -2.51. The van der Waals surface area contributed by atoms with E-state index in [1.165, 1.54) is 0 Å². The van der Waals surface area contributed by atoms with Gasteiger partial charge in [-0.3, -0.25) is 14.4 Å². The predicted molar refractivity (Wildman–Crippen MR) is 71.8 cm³/mol. The van der Waals surface area contributed by atoms with E-state index in [4.69, 9.17) is 5.11 Å². The first-order chi connectivity index (χ1) is 9.40. The molecule has 20 heavy (non-hydrogen) atoms. The average Bonchev–Trinajstić information content (AvgIpc) is 3.17. The highest BCUT2D eigenvalue weighted by Crippen LogP contribution is 2.40. The number of carbonyl (C=O) groups is 3. The zero-order valence-electron chi connectivity index (χ0n) is 12.0. The quantitative estimate of drug-likeness (QED) is 0.811. The summed E-state index contributed by atoms with van der Waals surface area (Å²) in [6.45, 7) is 6.17. The van der Waals surface area contributed by atoms with E-state index >= 15 is 0 Å². The maximum Gasteiger partial charge on any atom is 0.307 e. The van der Waals surface area contributed by atoms with Crippen molar-refractivity contribution in [3.05, 3.63) is 0 Å². The topological polar surface area (TPSA) is 77.9 Å². The van der Waals surface area contributed by atoms with Crippen molar-refractivity contribution in [2.75, 3.05) is 26.2 Å². The lowest BCUT2D eigenvalue weighted by Gasteiger charge is -2.35. The summed E-state index contributed by atoms with van der Waals surface area (Å²) in [6, 6.07) is 0. The average molecular weight is 282 g/mol. The van der Waals surface area contributed by atoms with Crippen LogP contribution >= 0.6 is 0 Å². The van der Waals surface area contributed by atoms with Gasteiger partial charge in [-0.05, 0) is 12.3 Å². The molecule has 0 bridgehead atoms. The Balaban J connectivity index is 1.78. The monoisotopic (exact) mass is 282 g/mol. The largest absolute Gasteiger partial charge is 0.481 e. The molecule has 6 heteroatoms. The Hall–Kier alpha value is -1.59. The van der Waals surface area contributed by atoms with Crippen LogP contribution in [0.25, 0.3) is 0 Å². The third-order valence-corrected chi connectivity index (χ3v) is 3.95. The maximum atomic E-state index is 12.1. The standard InChI is InChI=1S/C14H22N2O4/c1-9(2)7-12(17)15-3-5-16(6-4-15)13(18)10-8-11(10)14(19)20/h9-11H,3-8H2,1-2H3,(H,19,20). The SMILES string of the molecule is CC(C)CC(=O)N1CCN(C(=O)C2CC2C(=O)O)CC1. The van der Waals surface area contributed by atoms with E-state index in [-0.39, 0.29) is 17.7 Å². The van der Waals surface area contributed by atoms with Crippen molar-refractivity contribution in [1.82, 2.24) is 9.80 Å². The van der Waals surface area contributed by atoms with Gasteiger partial charge in [0.05, 0.1) is 11.8 Å². The van der Waals surface area contributed by atoms with Crippen LogP contribution in [0.4, 0.5) is 0 Å². The number of carbonyl (C=O) groups excluding carboxylic acids is 2. The summed E-state index contributed by atoms with van der Waals surface area (Å²) < 4.78 is 0. The van der Waals surface area contributed by atoms with Gasteiger partial charge < -0.3 is 14.9 Å². The van der Waals surface area contributed by atoms with Crippen LogP contribution in [0.2, 0.25) is 0 Å². The van der Waals surface area contributed by atoms with Crippen LogP contribution in [-0.4, -0.2) is 58.9 Å².